The third-order valence-corrected chi connectivity index (χ3v) is 7.77. The number of phenolic OH excluding ortho intramolecular Hbond substituents is 2. The highest BCUT2D eigenvalue weighted by atomic mass is 32.2. The van der Waals surface area contributed by atoms with Crippen molar-refractivity contribution in [3.63, 3.8) is 0 Å². The molecule has 7 nitrogen and oxygen atoms in total. The molecule has 0 radical (unpaired) electrons. The Hall–Kier alpha value is -2.32. The van der Waals surface area contributed by atoms with Gasteiger partial charge >= 0.3 is 0 Å². The average Bonchev–Trinajstić information content (AvgIpc) is 2.78. The highest BCUT2D eigenvalue weighted by Crippen LogP contribution is 2.36. The Labute approximate surface area is 211 Å². The number of amides is 1. The number of allylic oxidation sites excluding steroid dienone is 4. The summed E-state index contributed by atoms with van der Waals surface area (Å²) in [7, 11) is -3.31. The number of hydrogen-bond acceptors (Lipinski definition) is 5. The van der Waals surface area contributed by atoms with Crippen molar-refractivity contribution in [2.24, 2.45) is 0 Å². The van der Waals surface area contributed by atoms with E-state index in [0.29, 0.717) is 24.0 Å². The zero-order valence-corrected chi connectivity index (χ0v) is 22.7. The van der Waals surface area contributed by atoms with Gasteiger partial charge in [-0.15, -0.1) is 0 Å². The molecule has 0 aliphatic carbocycles. The van der Waals surface area contributed by atoms with Crippen LogP contribution in [0.15, 0.2) is 29.4 Å². The molecule has 1 amide bonds. The number of rotatable bonds is 11. The van der Waals surface area contributed by atoms with Crippen molar-refractivity contribution < 1.29 is 23.4 Å². The maximum absolute atomic E-state index is 13.5. The summed E-state index contributed by atoms with van der Waals surface area (Å²) < 4.78 is 25.0. The molecule has 0 spiro atoms. The van der Waals surface area contributed by atoms with Gasteiger partial charge in [-0.3, -0.25) is 4.79 Å². The summed E-state index contributed by atoms with van der Waals surface area (Å²) in [4.78, 5) is 15.1. The van der Waals surface area contributed by atoms with Gasteiger partial charge in [0.25, 0.3) is 5.91 Å². The molecular weight excluding hydrogens is 464 g/mol. The lowest BCUT2D eigenvalue weighted by atomic mass is 9.93. The van der Waals surface area contributed by atoms with Gasteiger partial charge in [0.2, 0.25) is 10.0 Å². The molecule has 196 valence electrons. The minimum Gasteiger partial charge on any atom is -0.508 e. The van der Waals surface area contributed by atoms with Crippen LogP contribution in [0.1, 0.15) is 81.3 Å². The van der Waals surface area contributed by atoms with Gasteiger partial charge in [0.1, 0.15) is 11.5 Å². The fraction of sp³-hybridized carbons (Fsp3) is 0.593. The summed E-state index contributed by atoms with van der Waals surface area (Å²) in [6.07, 6.45) is 10.9. The number of benzene rings is 1. The van der Waals surface area contributed by atoms with Crippen LogP contribution >= 0.6 is 0 Å². The van der Waals surface area contributed by atoms with Gasteiger partial charge in [-0.05, 0) is 64.5 Å². The summed E-state index contributed by atoms with van der Waals surface area (Å²) in [5.41, 5.74) is 3.64. The van der Waals surface area contributed by atoms with Crippen LogP contribution in [-0.4, -0.2) is 66.2 Å². The number of nitrogens with zero attached hydrogens (tertiary/aromatic N) is 2. The van der Waals surface area contributed by atoms with E-state index in [1.165, 1.54) is 16.1 Å². The molecule has 1 aromatic rings. The first-order valence-corrected chi connectivity index (χ1v) is 14.4. The molecule has 0 atom stereocenters. The smallest absolute Gasteiger partial charge is 0.257 e. The van der Waals surface area contributed by atoms with E-state index in [0.717, 1.165) is 37.7 Å². The molecule has 1 fully saturated rings. The van der Waals surface area contributed by atoms with Crippen molar-refractivity contribution in [1.82, 2.24) is 9.21 Å². The first-order chi connectivity index (χ1) is 16.5. The van der Waals surface area contributed by atoms with Crippen molar-refractivity contribution in [3.05, 3.63) is 46.1 Å². The van der Waals surface area contributed by atoms with Gasteiger partial charge in [0.05, 0.1) is 11.8 Å². The van der Waals surface area contributed by atoms with Crippen molar-refractivity contribution in [2.45, 2.75) is 72.6 Å². The number of aromatic hydroxyl groups is 2. The summed E-state index contributed by atoms with van der Waals surface area (Å²) in [5, 5.41) is 21.9. The Morgan fingerprint density at radius 1 is 1.06 bits per heavy atom. The molecule has 1 aromatic carbocycles. The van der Waals surface area contributed by atoms with Crippen LogP contribution in [0.3, 0.4) is 0 Å². The summed E-state index contributed by atoms with van der Waals surface area (Å²) in [5.74, 6) is -0.478. The molecule has 8 heteroatoms. The molecule has 1 saturated heterocycles. The topological polar surface area (TPSA) is 98.2 Å². The fourth-order valence-electron chi connectivity index (χ4n) is 4.30. The normalized spacial score (nSPS) is 15.3. The van der Waals surface area contributed by atoms with Gasteiger partial charge in [0, 0.05) is 31.7 Å². The fourth-order valence-corrected chi connectivity index (χ4v) is 5.13. The van der Waals surface area contributed by atoms with Crippen LogP contribution in [0, 0.1) is 0 Å². The molecule has 0 unspecified atom stereocenters. The van der Waals surface area contributed by atoms with Gasteiger partial charge in [-0.25, -0.2) is 8.42 Å². The quantitative estimate of drug-likeness (QED) is 0.332. The predicted molar refractivity (Wildman–Crippen MR) is 141 cm³/mol. The van der Waals surface area contributed by atoms with E-state index in [1.54, 1.807) is 11.0 Å². The Morgan fingerprint density at radius 2 is 1.71 bits per heavy atom. The second-order valence-electron chi connectivity index (χ2n) is 9.74. The van der Waals surface area contributed by atoms with E-state index < -0.39 is 10.0 Å². The van der Waals surface area contributed by atoms with Gasteiger partial charge in [0.15, 0.2) is 0 Å². The number of carbonyl (C=O) groups is 1. The molecule has 0 aromatic heterocycles. The highest BCUT2D eigenvalue weighted by Gasteiger charge is 2.30. The molecule has 1 aliphatic heterocycles. The minimum atomic E-state index is -3.31. The van der Waals surface area contributed by atoms with E-state index in [-0.39, 0.29) is 49.1 Å². The van der Waals surface area contributed by atoms with Crippen LogP contribution < -0.4 is 0 Å². The summed E-state index contributed by atoms with van der Waals surface area (Å²) >= 11 is 0. The second-order valence-corrected chi connectivity index (χ2v) is 11.7. The SMILES string of the molecule is CCCCCc1cc(O)c(CC=C(C)CCC=C(C)C)c(O)c1C(=O)N1CCN(S(C)(=O)=O)CC1. The molecule has 1 aliphatic rings. The molecular formula is C27H42N2O5S. The van der Waals surface area contributed by atoms with Crippen LogP contribution in [0.5, 0.6) is 11.5 Å². The van der Waals surface area contributed by atoms with E-state index in [4.69, 9.17) is 0 Å². The lowest BCUT2D eigenvalue weighted by Gasteiger charge is -2.34. The number of unbranched alkanes of at least 4 members (excludes halogenated alkanes) is 2. The third kappa shape index (κ3) is 8.39. The average molecular weight is 507 g/mol. The Morgan fingerprint density at radius 3 is 2.29 bits per heavy atom. The monoisotopic (exact) mass is 506 g/mol. The summed E-state index contributed by atoms with van der Waals surface area (Å²) in [6, 6.07) is 1.62. The Bertz CT molecular complexity index is 1050. The molecule has 0 bridgehead atoms. The Kier molecular flexibility index (Phi) is 10.8. The highest BCUT2D eigenvalue weighted by molar-refractivity contribution is 7.88. The molecule has 1 heterocycles. The van der Waals surface area contributed by atoms with Crippen molar-refractivity contribution in [3.8, 4) is 11.5 Å². The van der Waals surface area contributed by atoms with Crippen molar-refractivity contribution >= 4 is 15.9 Å². The van der Waals surface area contributed by atoms with E-state index in [2.05, 4.69) is 26.8 Å². The van der Waals surface area contributed by atoms with Crippen molar-refractivity contribution in [1.29, 1.82) is 0 Å². The second kappa shape index (κ2) is 13.1. The Balaban J connectivity index is 2.33. The largest absolute Gasteiger partial charge is 0.508 e. The van der Waals surface area contributed by atoms with Crippen LogP contribution in [0.25, 0.3) is 0 Å². The van der Waals surface area contributed by atoms with E-state index >= 15 is 0 Å². The first-order valence-electron chi connectivity index (χ1n) is 12.6. The van der Waals surface area contributed by atoms with E-state index in [1.807, 2.05) is 13.0 Å². The number of carbonyl (C=O) groups excluding carboxylic acids is 1. The maximum atomic E-state index is 13.5. The molecule has 2 rings (SSSR count). The van der Waals surface area contributed by atoms with Gasteiger partial charge < -0.3 is 15.1 Å². The molecule has 35 heavy (non-hydrogen) atoms. The summed E-state index contributed by atoms with van der Waals surface area (Å²) in [6.45, 7) is 9.24. The molecule has 2 N–H and O–H groups in total. The predicted octanol–water partition coefficient (Wildman–Crippen LogP) is 4.78. The standard InChI is InChI=1S/C27H42N2O5S/c1-6-7-8-12-22-19-24(30)23(14-13-21(4)11-9-10-20(2)3)26(31)25(22)27(32)28-15-17-29(18-16-28)35(5,33)34/h10,13,19,30-31H,6-9,11-12,14-18H2,1-5H3. The zero-order chi connectivity index (χ0) is 26.2. The number of hydrogen-bond donors (Lipinski definition) is 2. The first kappa shape index (κ1) is 28.9. The van der Waals surface area contributed by atoms with Crippen LogP contribution in [0.4, 0.5) is 0 Å². The van der Waals surface area contributed by atoms with Crippen LogP contribution in [-0.2, 0) is 22.9 Å². The third-order valence-electron chi connectivity index (χ3n) is 6.47. The van der Waals surface area contributed by atoms with Crippen LogP contribution in [0.2, 0.25) is 0 Å². The van der Waals surface area contributed by atoms with Crippen molar-refractivity contribution in [2.75, 3.05) is 32.4 Å². The zero-order valence-electron chi connectivity index (χ0n) is 21.9. The number of phenols is 2. The lowest BCUT2D eigenvalue weighted by molar-refractivity contribution is 0.0693. The number of aryl methyl sites for hydroxylation is 1. The minimum absolute atomic E-state index is 0.000734. The molecule has 0 saturated carbocycles. The van der Waals surface area contributed by atoms with Gasteiger partial charge in [-0.1, -0.05) is 43.1 Å². The van der Waals surface area contributed by atoms with E-state index in [9.17, 15) is 23.4 Å². The lowest BCUT2D eigenvalue weighted by Crippen LogP contribution is -2.50. The number of sulfonamides is 1. The maximum Gasteiger partial charge on any atom is 0.257 e. The van der Waals surface area contributed by atoms with Gasteiger partial charge in [-0.2, -0.15) is 4.31 Å². The number of piperazine rings is 1.